The van der Waals surface area contributed by atoms with E-state index in [0.29, 0.717) is 45.0 Å². The van der Waals surface area contributed by atoms with Crippen LogP contribution >= 0.6 is 0 Å². The third-order valence-corrected chi connectivity index (χ3v) is 7.17. The summed E-state index contributed by atoms with van der Waals surface area (Å²) in [7, 11) is -2.65. The Kier molecular flexibility index (Phi) is 6.85. The van der Waals surface area contributed by atoms with Gasteiger partial charge in [-0.15, -0.1) is 0 Å². The molecule has 0 saturated carbocycles. The molecule has 2 aromatic carbocycles. The Hall–Kier alpha value is -3.11. The number of likely N-dealkylation sites (tertiary alicyclic amines) is 1. The van der Waals surface area contributed by atoms with E-state index in [1.165, 1.54) is 25.3 Å². The normalized spacial score (nSPS) is 16.5. The van der Waals surface area contributed by atoms with Gasteiger partial charge in [-0.1, -0.05) is 12.1 Å². The van der Waals surface area contributed by atoms with Crippen LogP contribution in [0.2, 0.25) is 0 Å². The predicted molar refractivity (Wildman–Crippen MR) is 122 cm³/mol. The van der Waals surface area contributed by atoms with Crippen LogP contribution in [0.15, 0.2) is 47.4 Å². The highest BCUT2D eigenvalue weighted by molar-refractivity contribution is 7.92. The fourth-order valence-corrected chi connectivity index (χ4v) is 5.12. The number of nitrogens with zero attached hydrogens (tertiary/aromatic N) is 2. The Morgan fingerprint density at radius 2 is 1.55 bits per heavy atom. The van der Waals surface area contributed by atoms with Crippen molar-refractivity contribution in [2.75, 3.05) is 51.2 Å². The monoisotopic (exact) mass is 473 g/mol. The molecule has 0 radical (unpaired) electrons. The van der Waals surface area contributed by atoms with Crippen molar-refractivity contribution in [3.8, 4) is 5.75 Å². The van der Waals surface area contributed by atoms with Gasteiger partial charge < -0.3 is 19.3 Å². The van der Waals surface area contributed by atoms with Crippen LogP contribution in [-0.2, 0) is 14.8 Å². The highest BCUT2D eigenvalue weighted by Gasteiger charge is 2.27. The highest BCUT2D eigenvalue weighted by Crippen LogP contribution is 2.27. The Morgan fingerprint density at radius 3 is 2.24 bits per heavy atom. The summed E-state index contributed by atoms with van der Waals surface area (Å²) in [5.41, 5.74) is 0.649. The maximum Gasteiger partial charge on any atom is 0.261 e. The number of rotatable bonds is 6. The average Bonchev–Trinajstić information content (AvgIpc) is 3.38. The van der Waals surface area contributed by atoms with Crippen molar-refractivity contribution in [1.29, 1.82) is 0 Å². The van der Waals surface area contributed by atoms with Gasteiger partial charge in [0.15, 0.2) is 0 Å². The van der Waals surface area contributed by atoms with Gasteiger partial charge in [0.05, 0.1) is 42.0 Å². The summed E-state index contributed by atoms with van der Waals surface area (Å²) in [6.07, 6.45) is 1.87. The molecule has 0 aromatic heterocycles. The molecule has 1 N–H and O–H groups in total. The fraction of sp³-hybridized carbons (Fsp3) is 0.391. The Morgan fingerprint density at radius 1 is 0.909 bits per heavy atom. The summed E-state index contributed by atoms with van der Waals surface area (Å²) in [5.74, 6) is -0.240. The van der Waals surface area contributed by atoms with E-state index >= 15 is 0 Å². The predicted octanol–water partition coefficient (Wildman–Crippen LogP) is 2.20. The molecular weight excluding hydrogens is 446 g/mol. The van der Waals surface area contributed by atoms with Crippen molar-refractivity contribution in [2.45, 2.75) is 17.7 Å². The van der Waals surface area contributed by atoms with E-state index in [1.54, 1.807) is 34.1 Å². The van der Waals surface area contributed by atoms with Crippen molar-refractivity contribution in [3.63, 3.8) is 0 Å². The van der Waals surface area contributed by atoms with Crippen LogP contribution in [-0.4, -0.2) is 76.5 Å². The smallest absolute Gasteiger partial charge is 0.261 e. The summed E-state index contributed by atoms with van der Waals surface area (Å²) in [5, 5.41) is 0. The van der Waals surface area contributed by atoms with E-state index in [9.17, 15) is 18.0 Å². The molecule has 0 bridgehead atoms. The molecular formula is C23H27N3O6S. The SMILES string of the molecule is COc1ccc(S(=O)(=O)Nc2ccccc2C(=O)N2CCCC2)cc1C(=O)N1CCOCC1. The van der Waals surface area contributed by atoms with E-state index in [1.807, 2.05) is 0 Å². The van der Waals surface area contributed by atoms with Crippen molar-refractivity contribution in [1.82, 2.24) is 9.80 Å². The number of hydrogen-bond donors (Lipinski definition) is 1. The van der Waals surface area contributed by atoms with Crippen molar-refractivity contribution < 1.29 is 27.5 Å². The van der Waals surface area contributed by atoms with Crippen molar-refractivity contribution in [2.24, 2.45) is 0 Å². The first kappa shape index (κ1) is 23.1. The molecule has 9 nitrogen and oxygen atoms in total. The number of anilines is 1. The third kappa shape index (κ3) is 4.96. The number of morpholine rings is 1. The van der Waals surface area contributed by atoms with Gasteiger partial charge in [0.25, 0.3) is 21.8 Å². The molecule has 0 aliphatic carbocycles. The lowest BCUT2D eigenvalue weighted by Crippen LogP contribution is -2.40. The molecule has 2 amide bonds. The zero-order valence-electron chi connectivity index (χ0n) is 18.5. The standard InChI is InChI=1S/C23H27N3O6S/c1-31-21-9-8-17(16-19(21)23(28)26-12-14-32-15-13-26)33(29,30)24-20-7-3-2-6-18(20)22(27)25-10-4-5-11-25/h2-3,6-9,16,24H,4-5,10-15H2,1H3. The molecule has 0 atom stereocenters. The van der Waals surface area contributed by atoms with E-state index < -0.39 is 10.0 Å². The summed E-state index contributed by atoms with van der Waals surface area (Å²) in [4.78, 5) is 29.2. The number of ether oxygens (including phenoxy) is 2. The summed E-state index contributed by atoms with van der Waals surface area (Å²) in [6, 6.07) is 10.7. The number of methoxy groups -OCH3 is 1. The number of para-hydroxylation sites is 1. The molecule has 176 valence electrons. The lowest BCUT2D eigenvalue weighted by molar-refractivity contribution is 0.0300. The van der Waals surface area contributed by atoms with Crippen LogP contribution in [0.5, 0.6) is 5.75 Å². The van der Waals surface area contributed by atoms with Gasteiger partial charge in [0.2, 0.25) is 0 Å². The molecule has 2 fully saturated rings. The number of nitrogens with one attached hydrogen (secondary N) is 1. The number of carbonyl (C=O) groups is 2. The lowest BCUT2D eigenvalue weighted by Gasteiger charge is -2.27. The van der Waals surface area contributed by atoms with E-state index in [0.717, 1.165) is 12.8 Å². The summed E-state index contributed by atoms with van der Waals surface area (Å²) in [6.45, 7) is 3.01. The zero-order chi connectivity index (χ0) is 23.4. The van der Waals surface area contributed by atoms with Crippen molar-refractivity contribution >= 4 is 27.5 Å². The van der Waals surface area contributed by atoms with Crippen LogP contribution in [0.3, 0.4) is 0 Å². The van der Waals surface area contributed by atoms with Gasteiger partial charge >= 0.3 is 0 Å². The molecule has 4 rings (SSSR count). The van der Waals surface area contributed by atoms with E-state index in [-0.39, 0.29) is 33.7 Å². The number of amides is 2. The van der Waals surface area contributed by atoms with Crippen LogP contribution < -0.4 is 9.46 Å². The molecule has 2 saturated heterocycles. The third-order valence-electron chi connectivity index (χ3n) is 5.81. The number of hydrogen-bond acceptors (Lipinski definition) is 6. The van der Waals surface area contributed by atoms with Crippen LogP contribution in [0, 0.1) is 0 Å². The average molecular weight is 474 g/mol. The first-order valence-electron chi connectivity index (χ1n) is 10.9. The second-order valence-corrected chi connectivity index (χ2v) is 9.60. The Labute approximate surface area is 193 Å². The molecule has 2 heterocycles. The zero-order valence-corrected chi connectivity index (χ0v) is 19.3. The Balaban J connectivity index is 1.63. The van der Waals surface area contributed by atoms with Gasteiger partial charge in [-0.25, -0.2) is 8.42 Å². The molecule has 0 spiro atoms. The molecule has 0 unspecified atom stereocenters. The second-order valence-electron chi connectivity index (χ2n) is 7.92. The Bertz CT molecular complexity index is 1140. The maximum atomic E-state index is 13.2. The minimum atomic E-state index is -4.08. The maximum absolute atomic E-state index is 13.2. The van der Waals surface area contributed by atoms with E-state index in [4.69, 9.17) is 9.47 Å². The van der Waals surface area contributed by atoms with E-state index in [2.05, 4.69) is 4.72 Å². The highest BCUT2D eigenvalue weighted by atomic mass is 32.2. The quantitative estimate of drug-likeness (QED) is 0.690. The van der Waals surface area contributed by atoms with Gasteiger partial charge in [0.1, 0.15) is 5.75 Å². The lowest BCUT2D eigenvalue weighted by atomic mass is 10.1. The minimum absolute atomic E-state index is 0.0941. The number of benzene rings is 2. The molecule has 10 heteroatoms. The van der Waals surface area contributed by atoms with Crippen molar-refractivity contribution in [3.05, 3.63) is 53.6 Å². The fourth-order valence-electron chi connectivity index (χ4n) is 4.01. The van der Waals surface area contributed by atoms with Gasteiger partial charge in [-0.3, -0.25) is 14.3 Å². The van der Waals surface area contributed by atoms with Gasteiger partial charge in [0, 0.05) is 26.2 Å². The summed E-state index contributed by atoms with van der Waals surface area (Å²) >= 11 is 0. The number of sulfonamides is 1. The molecule has 2 aliphatic heterocycles. The summed E-state index contributed by atoms with van der Waals surface area (Å²) < 4.78 is 39.6. The number of carbonyl (C=O) groups excluding carboxylic acids is 2. The van der Waals surface area contributed by atoms with Gasteiger partial charge in [-0.05, 0) is 43.2 Å². The molecule has 2 aromatic rings. The minimum Gasteiger partial charge on any atom is -0.496 e. The first-order valence-corrected chi connectivity index (χ1v) is 12.4. The van der Waals surface area contributed by atoms with Gasteiger partial charge in [-0.2, -0.15) is 0 Å². The second kappa shape index (κ2) is 9.80. The topological polar surface area (TPSA) is 105 Å². The molecule has 33 heavy (non-hydrogen) atoms. The largest absolute Gasteiger partial charge is 0.496 e. The first-order chi connectivity index (χ1) is 15.9. The van der Waals surface area contributed by atoms with Crippen LogP contribution in [0.25, 0.3) is 0 Å². The molecule has 2 aliphatic rings. The van der Waals surface area contributed by atoms with Crippen LogP contribution in [0.1, 0.15) is 33.6 Å². The van der Waals surface area contributed by atoms with Crippen LogP contribution in [0.4, 0.5) is 5.69 Å².